The van der Waals surface area contributed by atoms with Gasteiger partial charge in [0.05, 0.1) is 4.88 Å². The first-order valence-electron chi connectivity index (χ1n) is 18.3. The molecule has 0 aromatic carbocycles. The van der Waals surface area contributed by atoms with E-state index in [1.54, 1.807) is 11.3 Å². The highest BCUT2D eigenvalue weighted by molar-refractivity contribution is 7.14. The molecule has 2 heteroatoms. The number of hydrogen-bond donors (Lipinski definition) is 0. The molecule has 0 atom stereocenters. The first kappa shape index (κ1) is 37.4. The van der Waals surface area contributed by atoms with Crippen LogP contribution < -0.4 is 0 Å². The van der Waals surface area contributed by atoms with E-state index in [1.165, 1.54) is 190 Å². The van der Waals surface area contributed by atoms with Gasteiger partial charge in [0, 0.05) is 11.3 Å². The summed E-state index contributed by atoms with van der Waals surface area (Å²) in [5.41, 5.74) is 1.35. The molecule has 0 unspecified atom stereocenters. The Morgan fingerprint density at radius 1 is 0.500 bits per heavy atom. The second-order valence-corrected chi connectivity index (χ2v) is 14.0. The summed E-state index contributed by atoms with van der Waals surface area (Å²) in [6.45, 7) is 6.79. The van der Waals surface area contributed by atoms with Crippen LogP contribution in [-0.2, 0) is 6.42 Å². The topological polar surface area (TPSA) is 17.1 Å². The number of ketones is 1. The van der Waals surface area contributed by atoms with Gasteiger partial charge in [-0.2, -0.15) is 0 Å². The molecular formula is C38H70OS. The largest absolute Gasteiger partial charge is 0.293 e. The summed E-state index contributed by atoms with van der Waals surface area (Å²) in [5.74, 6) is 0.388. The summed E-state index contributed by atoms with van der Waals surface area (Å²) >= 11 is 1.79. The Balaban J connectivity index is 1.93. The lowest BCUT2D eigenvalue weighted by atomic mass is 10.0. The van der Waals surface area contributed by atoms with E-state index >= 15 is 0 Å². The van der Waals surface area contributed by atoms with Crippen LogP contribution in [0.25, 0.3) is 0 Å². The average Bonchev–Trinajstić information content (AvgIpc) is 3.33. The molecule has 1 aromatic heterocycles. The van der Waals surface area contributed by atoms with Crippen LogP contribution in [0, 0.1) is 6.92 Å². The number of carbonyl (C=O) groups is 1. The van der Waals surface area contributed by atoms with Crippen LogP contribution in [0.15, 0.2) is 6.07 Å². The van der Waals surface area contributed by atoms with Gasteiger partial charge in [0.15, 0.2) is 5.78 Å². The summed E-state index contributed by atoms with van der Waals surface area (Å²) in [4.78, 5) is 15.2. The van der Waals surface area contributed by atoms with Crippen LogP contribution in [0.5, 0.6) is 0 Å². The lowest BCUT2D eigenvalue weighted by molar-refractivity contribution is 0.0983. The molecule has 0 radical (unpaired) electrons. The van der Waals surface area contributed by atoms with Crippen molar-refractivity contribution in [2.45, 2.75) is 213 Å². The van der Waals surface area contributed by atoms with Crippen molar-refractivity contribution >= 4 is 17.1 Å². The summed E-state index contributed by atoms with van der Waals surface area (Å²) in [6.07, 6.45) is 40.8. The zero-order valence-corrected chi connectivity index (χ0v) is 28.4. The number of aryl methyl sites for hydroxylation is 2. The van der Waals surface area contributed by atoms with Crippen molar-refractivity contribution in [3.8, 4) is 0 Å². The lowest BCUT2D eigenvalue weighted by Crippen LogP contribution is -1.95. The molecule has 1 rings (SSSR count). The summed E-state index contributed by atoms with van der Waals surface area (Å²) in [7, 11) is 0. The third-order valence-corrected chi connectivity index (χ3v) is 10.1. The minimum absolute atomic E-state index is 0.388. The molecule has 0 saturated heterocycles. The smallest absolute Gasteiger partial charge is 0.172 e. The van der Waals surface area contributed by atoms with Gasteiger partial charge in [0.1, 0.15) is 0 Å². The highest BCUT2D eigenvalue weighted by Crippen LogP contribution is 2.26. The van der Waals surface area contributed by atoms with Gasteiger partial charge >= 0.3 is 0 Å². The van der Waals surface area contributed by atoms with E-state index in [0.29, 0.717) is 5.78 Å². The van der Waals surface area contributed by atoms with Crippen LogP contribution in [-0.4, -0.2) is 5.78 Å². The van der Waals surface area contributed by atoms with Gasteiger partial charge < -0.3 is 0 Å². The Kier molecular flexibility index (Phi) is 26.6. The van der Waals surface area contributed by atoms with Crippen LogP contribution in [0.4, 0.5) is 0 Å². The molecule has 234 valence electrons. The number of carbonyl (C=O) groups excluding carboxylic acids is 1. The fourth-order valence-electron chi connectivity index (χ4n) is 5.99. The Morgan fingerprint density at radius 2 is 0.825 bits per heavy atom. The van der Waals surface area contributed by atoms with E-state index in [9.17, 15) is 4.79 Å². The van der Waals surface area contributed by atoms with Crippen molar-refractivity contribution in [3.63, 3.8) is 0 Å². The fourth-order valence-corrected chi connectivity index (χ4v) is 7.17. The normalized spacial score (nSPS) is 11.5. The number of hydrogen-bond acceptors (Lipinski definition) is 2. The molecule has 0 bridgehead atoms. The zero-order chi connectivity index (χ0) is 28.9. The van der Waals surface area contributed by atoms with E-state index in [4.69, 9.17) is 0 Å². The van der Waals surface area contributed by atoms with Gasteiger partial charge in [0.25, 0.3) is 0 Å². The first-order chi connectivity index (χ1) is 19.7. The Bertz CT molecular complexity index is 675. The molecule has 0 saturated carbocycles. The van der Waals surface area contributed by atoms with E-state index in [0.717, 1.165) is 17.7 Å². The van der Waals surface area contributed by atoms with Gasteiger partial charge in [-0.1, -0.05) is 181 Å². The quantitative estimate of drug-likeness (QED) is 0.0636. The maximum atomic E-state index is 12.7. The Hall–Kier alpha value is -0.630. The molecule has 0 N–H and O–H groups in total. The van der Waals surface area contributed by atoms with Gasteiger partial charge in [-0.3, -0.25) is 4.79 Å². The molecule has 1 nitrogen and oxygen atoms in total. The summed E-state index contributed by atoms with van der Waals surface area (Å²) < 4.78 is 0. The van der Waals surface area contributed by atoms with Crippen molar-refractivity contribution in [3.05, 3.63) is 21.4 Å². The zero-order valence-electron chi connectivity index (χ0n) is 27.6. The van der Waals surface area contributed by atoms with E-state index in [-0.39, 0.29) is 0 Å². The molecule has 0 spiro atoms. The maximum absolute atomic E-state index is 12.7. The third-order valence-electron chi connectivity index (χ3n) is 8.81. The lowest BCUT2D eigenvalue weighted by Gasteiger charge is -2.04. The van der Waals surface area contributed by atoms with Crippen LogP contribution >= 0.6 is 11.3 Å². The SMILES string of the molecule is CCCCCCCCCCCCCCCCCCCC(=O)c1cc(C)c(CCCCCCCCCCCCC)s1. The highest BCUT2D eigenvalue weighted by atomic mass is 32.1. The minimum Gasteiger partial charge on any atom is -0.293 e. The minimum atomic E-state index is 0.388. The van der Waals surface area contributed by atoms with Gasteiger partial charge in [-0.25, -0.2) is 0 Å². The van der Waals surface area contributed by atoms with E-state index in [2.05, 4.69) is 26.8 Å². The van der Waals surface area contributed by atoms with E-state index < -0.39 is 0 Å². The van der Waals surface area contributed by atoms with Crippen LogP contribution in [0.2, 0.25) is 0 Å². The van der Waals surface area contributed by atoms with Crippen molar-refractivity contribution in [2.24, 2.45) is 0 Å². The van der Waals surface area contributed by atoms with Crippen molar-refractivity contribution in [2.75, 3.05) is 0 Å². The predicted octanol–water partition coefficient (Wildman–Crippen LogP) is 14.1. The third kappa shape index (κ3) is 22.0. The molecule has 0 aliphatic rings. The first-order valence-corrected chi connectivity index (χ1v) is 19.1. The van der Waals surface area contributed by atoms with Crippen LogP contribution in [0.3, 0.4) is 0 Å². The number of unbranched alkanes of at least 4 members (excludes halogenated alkanes) is 26. The molecule has 0 amide bonds. The van der Waals surface area contributed by atoms with Gasteiger partial charge in [-0.15, -0.1) is 11.3 Å². The fraction of sp³-hybridized carbons (Fsp3) is 0.868. The molecule has 0 aliphatic carbocycles. The Labute approximate surface area is 256 Å². The average molecular weight is 575 g/mol. The number of rotatable bonds is 31. The number of Topliss-reactive ketones (excluding diaryl/α,β-unsaturated/α-hetero) is 1. The maximum Gasteiger partial charge on any atom is 0.172 e. The monoisotopic (exact) mass is 575 g/mol. The molecular weight excluding hydrogens is 504 g/mol. The molecule has 0 aliphatic heterocycles. The Morgan fingerprint density at radius 3 is 1.20 bits per heavy atom. The van der Waals surface area contributed by atoms with Crippen molar-refractivity contribution < 1.29 is 4.79 Å². The van der Waals surface area contributed by atoms with E-state index in [1.807, 2.05) is 0 Å². The molecule has 40 heavy (non-hydrogen) atoms. The van der Waals surface area contributed by atoms with Crippen molar-refractivity contribution in [1.29, 1.82) is 0 Å². The highest BCUT2D eigenvalue weighted by Gasteiger charge is 2.12. The van der Waals surface area contributed by atoms with Gasteiger partial charge in [-0.05, 0) is 37.8 Å². The van der Waals surface area contributed by atoms with Crippen molar-refractivity contribution in [1.82, 2.24) is 0 Å². The summed E-state index contributed by atoms with van der Waals surface area (Å²) in [5, 5.41) is 0. The molecule has 0 fully saturated rings. The standard InChI is InChI=1S/C38H70OS/c1-4-6-8-10-12-14-16-17-18-19-20-21-23-24-26-28-30-32-36(39)38-34-35(3)37(40-38)33-31-29-27-25-22-15-13-11-9-7-5-2/h34H,4-33H2,1-3H3. The predicted molar refractivity (Wildman–Crippen MR) is 182 cm³/mol. The van der Waals surface area contributed by atoms with Gasteiger partial charge in [0.2, 0.25) is 0 Å². The number of thiophene rings is 1. The summed E-state index contributed by atoms with van der Waals surface area (Å²) in [6, 6.07) is 2.18. The second-order valence-electron chi connectivity index (χ2n) is 12.8. The van der Waals surface area contributed by atoms with Crippen LogP contribution in [0.1, 0.15) is 220 Å². The second kappa shape index (κ2) is 28.5. The molecule has 1 aromatic rings. The molecule has 1 heterocycles.